The summed E-state index contributed by atoms with van der Waals surface area (Å²) < 4.78 is 5.46. The number of aromatic nitrogens is 1. The van der Waals surface area contributed by atoms with Gasteiger partial charge in [0.15, 0.2) is 0 Å². The van der Waals surface area contributed by atoms with Crippen molar-refractivity contribution in [1.82, 2.24) is 15.2 Å². The van der Waals surface area contributed by atoms with Crippen molar-refractivity contribution in [2.24, 2.45) is 5.92 Å². The SMILES string of the molecule is O=C(OCCC1CCNCC1)N1CCN(c2ccncc2)CC1. The van der Waals surface area contributed by atoms with E-state index in [1.54, 1.807) is 12.4 Å². The number of hydrogen-bond donors (Lipinski definition) is 1. The van der Waals surface area contributed by atoms with Gasteiger partial charge >= 0.3 is 6.09 Å². The zero-order valence-electron chi connectivity index (χ0n) is 13.6. The number of piperazine rings is 1. The van der Waals surface area contributed by atoms with Gasteiger partial charge in [0.2, 0.25) is 0 Å². The van der Waals surface area contributed by atoms with Crippen LogP contribution in [-0.2, 0) is 4.74 Å². The Morgan fingerprint density at radius 3 is 2.57 bits per heavy atom. The maximum atomic E-state index is 12.1. The van der Waals surface area contributed by atoms with Crippen LogP contribution in [0.2, 0.25) is 0 Å². The number of pyridine rings is 1. The number of piperidine rings is 1. The van der Waals surface area contributed by atoms with Crippen LogP contribution >= 0.6 is 0 Å². The highest BCUT2D eigenvalue weighted by Gasteiger charge is 2.22. The quantitative estimate of drug-likeness (QED) is 0.916. The van der Waals surface area contributed by atoms with E-state index in [0.29, 0.717) is 25.6 Å². The fourth-order valence-electron chi connectivity index (χ4n) is 3.28. The first kappa shape index (κ1) is 16.1. The summed E-state index contributed by atoms with van der Waals surface area (Å²) in [6.45, 7) is 5.85. The summed E-state index contributed by atoms with van der Waals surface area (Å²) in [5.74, 6) is 0.701. The maximum absolute atomic E-state index is 12.1. The molecule has 2 aliphatic rings. The normalized spacial score (nSPS) is 19.7. The van der Waals surface area contributed by atoms with Crippen molar-refractivity contribution in [3.8, 4) is 0 Å². The second-order valence-corrected chi connectivity index (χ2v) is 6.28. The Balaban J connectivity index is 1.36. The largest absolute Gasteiger partial charge is 0.449 e. The fourth-order valence-corrected chi connectivity index (χ4v) is 3.28. The first-order valence-electron chi connectivity index (χ1n) is 8.60. The molecule has 0 aliphatic carbocycles. The molecule has 2 aliphatic heterocycles. The second-order valence-electron chi connectivity index (χ2n) is 6.28. The predicted molar refractivity (Wildman–Crippen MR) is 89.6 cm³/mol. The van der Waals surface area contributed by atoms with Gasteiger partial charge in [-0.2, -0.15) is 0 Å². The fraction of sp³-hybridized carbons (Fsp3) is 0.647. The van der Waals surface area contributed by atoms with Crippen LogP contribution in [0.25, 0.3) is 0 Å². The smallest absolute Gasteiger partial charge is 0.409 e. The number of carbonyl (C=O) groups excluding carboxylic acids is 1. The third-order valence-electron chi connectivity index (χ3n) is 4.78. The monoisotopic (exact) mass is 318 g/mol. The molecule has 1 amide bonds. The molecule has 2 saturated heterocycles. The highest BCUT2D eigenvalue weighted by Crippen LogP contribution is 2.17. The van der Waals surface area contributed by atoms with Crippen molar-refractivity contribution in [2.45, 2.75) is 19.3 Å². The van der Waals surface area contributed by atoms with Gasteiger partial charge in [-0.05, 0) is 50.4 Å². The molecule has 0 saturated carbocycles. The lowest BCUT2D eigenvalue weighted by Crippen LogP contribution is -2.49. The summed E-state index contributed by atoms with van der Waals surface area (Å²) in [6.07, 6.45) is 6.83. The Hall–Kier alpha value is -1.82. The average molecular weight is 318 g/mol. The van der Waals surface area contributed by atoms with E-state index < -0.39 is 0 Å². The van der Waals surface area contributed by atoms with Gasteiger partial charge in [-0.15, -0.1) is 0 Å². The van der Waals surface area contributed by atoms with Gasteiger partial charge in [0, 0.05) is 44.3 Å². The Bertz CT molecular complexity index is 483. The van der Waals surface area contributed by atoms with Crippen molar-refractivity contribution < 1.29 is 9.53 Å². The zero-order chi connectivity index (χ0) is 15.9. The number of amides is 1. The molecule has 1 N–H and O–H groups in total. The summed E-state index contributed by atoms with van der Waals surface area (Å²) in [7, 11) is 0. The second kappa shape index (κ2) is 8.15. The minimum absolute atomic E-state index is 0.159. The maximum Gasteiger partial charge on any atom is 0.409 e. The molecule has 6 heteroatoms. The molecule has 0 bridgehead atoms. The molecule has 2 fully saturated rings. The van der Waals surface area contributed by atoms with Crippen LogP contribution in [0, 0.1) is 5.92 Å². The lowest BCUT2D eigenvalue weighted by atomic mass is 9.95. The molecule has 0 atom stereocenters. The van der Waals surface area contributed by atoms with Crippen LogP contribution in [0.15, 0.2) is 24.5 Å². The number of anilines is 1. The minimum Gasteiger partial charge on any atom is -0.449 e. The van der Waals surface area contributed by atoms with Gasteiger partial charge in [-0.25, -0.2) is 4.79 Å². The lowest BCUT2D eigenvalue weighted by molar-refractivity contribution is 0.0929. The van der Waals surface area contributed by atoms with Crippen molar-refractivity contribution in [3.05, 3.63) is 24.5 Å². The van der Waals surface area contributed by atoms with E-state index in [1.807, 2.05) is 17.0 Å². The van der Waals surface area contributed by atoms with Gasteiger partial charge in [0.05, 0.1) is 6.61 Å². The van der Waals surface area contributed by atoms with Crippen LogP contribution in [0.1, 0.15) is 19.3 Å². The summed E-state index contributed by atoms with van der Waals surface area (Å²) in [5.41, 5.74) is 1.17. The van der Waals surface area contributed by atoms with Crippen LogP contribution in [0.4, 0.5) is 10.5 Å². The molecule has 0 aromatic carbocycles. The van der Waals surface area contributed by atoms with Gasteiger partial charge < -0.3 is 19.9 Å². The molecule has 0 radical (unpaired) electrons. The molecular weight excluding hydrogens is 292 g/mol. The van der Waals surface area contributed by atoms with Gasteiger partial charge in [-0.3, -0.25) is 4.98 Å². The van der Waals surface area contributed by atoms with E-state index in [9.17, 15) is 4.79 Å². The first-order valence-corrected chi connectivity index (χ1v) is 8.60. The summed E-state index contributed by atoms with van der Waals surface area (Å²) in [6, 6.07) is 4.01. The van der Waals surface area contributed by atoms with E-state index in [0.717, 1.165) is 32.6 Å². The molecule has 23 heavy (non-hydrogen) atoms. The molecular formula is C17H26N4O2. The van der Waals surface area contributed by atoms with E-state index in [2.05, 4.69) is 15.2 Å². The highest BCUT2D eigenvalue weighted by molar-refractivity contribution is 5.68. The van der Waals surface area contributed by atoms with E-state index in [1.165, 1.54) is 18.5 Å². The molecule has 3 rings (SSSR count). The van der Waals surface area contributed by atoms with E-state index >= 15 is 0 Å². The van der Waals surface area contributed by atoms with Crippen LogP contribution in [0.5, 0.6) is 0 Å². The molecule has 1 aromatic heterocycles. The average Bonchev–Trinajstić information content (AvgIpc) is 2.63. The number of carbonyl (C=O) groups is 1. The number of nitrogens with zero attached hydrogens (tertiary/aromatic N) is 3. The zero-order valence-corrected chi connectivity index (χ0v) is 13.6. The van der Waals surface area contributed by atoms with E-state index in [4.69, 9.17) is 4.74 Å². The van der Waals surface area contributed by atoms with Crippen LogP contribution < -0.4 is 10.2 Å². The van der Waals surface area contributed by atoms with Crippen molar-refractivity contribution in [3.63, 3.8) is 0 Å². The highest BCUT2D eigenvalue weighted by atomic mass is 16.6. The Labute approximate surface area is 137 Å². The van der Waals surface area contributed by atoms with Crippen molar-refractivity contribution in [2.75, 3.05) is 50.8 Å². The third kappa shape index (κ3) is 4.58. The lowest BCUT2D eigenvalue weighted by Gasteiger charge is -2.35. The number of hydrogen-bond acceptors (Lipinski definition) is 5. The first-order chi connectivity index (χ1) is 11.3. The number of rotatable bonds is 4. The van der Waals surface area contributed by atoms with Crippen molar-refractivity contribution in [1.29, 1.82) is 0 Å². The number of ether oxygens (including phenoxy) is 1. The summed E-state index contributed by atoms with van der Waals surface area (Å²) >= 11 is 0. The number of nitrogens with one attached hydrogen (secondary N) is 1. The Morgan fingerprint density at radius 1 is 1.17 bits per heavy atom. The van der Waals surface area contributed by atoms with Crippen LogP contribution in [-0.4, -0.2) is 61.9 Å². The van der Waals surface area contributed by atoms with Crippen molar-refractivity contribution >= 4 is 11.8 Å². The summed E-state index contributed by atoms with van der Waals surface area (Å²) in [5, 5.41) is 3.36. The minimum atomic E-state index is -0.159. The predicted octanol–water partition coefficient (Wildman–Crippen LogP) is 1.73. The van der Waals surface area contributed by atoms with Gasteiger partial charge in [-0.1, -0.05) is 0 Å². The molecule has 126 valence electrons. The molecule has 3 heterocycles. The van der Waals surface area contributed by atoms with E-state index in [-0.39, 0.29) is 6.09 Å². The third-order valence-corrected chi connectivity index (χ3v) is 4.78. The topological polar surface area (TPSA) is 57.7 Å². The molecule has 0 spiro atoms. The van der Waals surface area contributed by atoms with Gasteiger partial charge in [0.25, 0.3) is 0 Å². The Morgan fingerprint density at radius 2 is 1.87 bits per heavy atom. The van der Waals surface area contributed by atoms with Crippen LogP contribution in [0.3, 0.4) is 0 Å². The van der Waals surface area contributed by atoms with Gasteiger partial charge in [0.1, 0.15) is 0 Å². The molecule has 0 unspecified atom stereocenters. The summed E-state index contributed by atoms with van der Waals surface area (Å²) in [4.78, 5) is 20.3. The molecule has 1 aromatic rings. The Kier molecular flexibility index (Phi) is 5.69. The molecule has 6 nitrogen and oxygen atoms in total. The standard InChI is InChI=1S/C17H26N4O2/c22-17(23-14-5-15-1-6-18-7-2-15)21-12-10-20(11-13-21)16-3-8-19-9-4-16/h3-4,8-9,15,18H,1-2,5-7,10-14H2.